The van der Waals surface area contributed by atoms with Gasteiger partial charge in [-0.15, -0.1) is 0 Å². The van der Waals surface area contributed by atoms with Crippen LogP contribution in [0.4, 0.5) is 0 Å². The van der Waals surface area contributed by atoms with Crippen LogP contribution in [-0.4, -0.2) is 5.78 Å². The minimum atomic E-state index is 0.401. The average Bonchev–Trinajstić information content (AvgIpc) is 2.29. The Balaban J connectivity index is 0.000000921. The number of rotatable bonds is 4. The van der Waals surface area contributed by atoms with E-state index in [2.05, 4.69) is 6.92 Å². The highest BCUT2D eigenvalue weighted by atomic mass is 16.1. The quantitative estimate of drug-likeness (QED) is 0.665. The van der Waals surface area contributed by atoms with E-state index < -0.39 is 0 Å². The smallest absolute Gasteiger partial charge is 0.132 e. The van der Waals surface area contributed by atoms with E-state index in [1.807, 2.05) is 13.8 Å². The van der Waals surface area contributed by atoms with Gasteiger partial charge in [0.2, 0.25) is 0 Å². The molecular formula is C14H28O. The summed E-state index contributed by atoms with van der Waals surface area (Å²) in [6, 6.07) is 0. The van der Waals surface area contributed by atoms with Gasteiger partial charge in [0.1, 0.15) is 5.78 Å². The third-order valence-corrected chi connectivity index (χ3v) is 3.39. The van der Waals surface area contributed by atoms with Gasteiger partial charge >= 0.3 is 0 Å². The van der Waals surface area contributed by atoms with Crippen molar-refractivity contribution in [3.05, 3.63) is 0 Å². The number of hydrogen-bond acceptors (Lipinski definition) is 1. The second-order valence-corrected chi connectivity index (χ2v) is 4.47. The van der Waals surface area contributed by atoms with Crippen LogP contribution in [0.25, 0.3) is 0 Å². The molecule has 1 saturated carbocycles. The van der Waals surface area contributed by atoms with E-state index in [0.29, 0.717) is 11.7 Å². The molecule has 0 heterocycles. The molecule has 15 heavy (non-hydrogen) atoms. The Labute approximate surface area is 95.6 Å². The first-order valence-corrected chi connectivity index (χ1v) is 6.74. The molecule has 1 heteroatoms. The second-order valence-electron chi connectivity index (χ2n) is 4.47. The molecule has 90 valence electrons. The Morgan fingerprint density at radius 1 is 1.13 bits per heavy atom. The summed E-state index contributed by atoms with van der Waals surface area (Å²) in [6.45, 7) is 8.00. The number of hydrogen-bond donors (Lipinski definition) is 0. The van der Waals surface area contributed by atoms with Gasteiger partial charge in [-0.05, 0) is 38.5 Å². The number of carbonyl (C=O) groups excluding carboxylic acids is 1. The topological polar surface area (TPSA) is 17.1 Å². The molecular weight excluding hydrogens is 184 g/mol. The van der Waals surface area contributed by atoms with Crippen molar-refractivity contribution in [1.82, 2.24) is 0 Å². The van der Waals surface area contributed by atoms with Crippen LogP contribution in [0.5, 0.6) is 0 Å². The summed E-state index contributed by atoms with van der Waals surface area (Å²) in [5.74, 6) is 1.74. The maximum absolute atomic E-state index is 11.1. The van der Waals surface area contributed by atoms with Gasteiger partial charge < -0.3 is 0 Å². The highest BCUT2D eigenvalue weighted by Crippen LogP contribution is 2.32. The van der Waals surface area contributed by atoms with Crippen LogP contribution in [0.2, 0.25) is 0 Å². The third-order valence-electron chi connectivity index (χ3n) is 3.39. The number of carbonyl (C=O) groups is 1. The van der Waals surface area contributed by atoms with E-state index >= 15 is 0 Å². The Kier molecular flexibility index (Phi) is 8.74. The van der Waals surface area contributed by atoms with Crippen LogP contribution < -0.4 is 0 Å². The van der Waals surface area contributed by atoms with Crippen LogP contribution in [-0.2, 0) is 4.79 Å². The number of ketones is 1. The van der Waals surface area contributed by atoms with Crippen LogP contribution in [0.15, 0.2) is 0 Å². The molecule has 0 atom stereocenters. The summed E-state index contributed by atoms with van der Waals surface area (Å²) in [7, 11) is 0. The van der Waals surface area contributed by atoms with Gasteiger partial charge in [0.25, 0.3) is 0 Å². The van der Waals surface area contributed by atoms with E-state index in [4.69, 9.17) is 0 Å². The molecule has 1 rings (SSSR count). The fourth-order valence-corrected chi connectivity index (χ4v) is 2.35. The lowest BCUT2D eigenvalue weighted by molar-refractivity contribution is -0.121. The van der Waals surface area contributed by atoms with E-state index in [0.717, 1.165) is 18.8 Å². The summed E-state index contributed by atoms with van der Waals surface area (Å²) in [5, 5.41) is 0. The molecule has 0 aliphatic heterocycles. The zero-order valence-corrected chi connectivity index (χ0v) is 11.0. The SMILES string of the molecule is CC.CCCCC1CCC(C(C)=O)CC1. The maximum atomic E-state index is 11.1. The van der Waals surface area contributed by atoms with Crippen LogP contribution in [0, 0.1) is 11.8 Å². The lowest BCUT2D eigenvalue weighted by atomic mass is 9.78. The molecule has 0 aromatic heterocycles. The number of Topliss-reactive ketones (excluding diaryl/α,β-unsaturated/α-hetero) is 1. The predicted octanol–water partition coefficient (Wildman–Crippen LogP) is 4.60. The van der Waals surface area contributed by atoms with E-state index in [1.54, 1.807) is 6.92 Å². The van der Waals surface area contributed by atoms with E-state index in [1.165, 1.54) is 32.1 Å². The van der Waals surface area contributed by atoms with E-state index in [9.17, 15) is 4.79 Å². The van der Waals surface area contributed by atoms with Crippen molar-refractivity contribution in [2.24, 2.45) is 11.8 Å². The molecule has 0 amide bonds. The second kappa shape index (κ2) is 8.94. The molecule has 1 aliphatic rings. The summed E-state index contributed by atoms with van der Waals surface area (Å²) in [4.78, 5) is 11.1. The van der Waals surface area contributed by atoms with Gasteiger partial charge in [0.15, 0.2) is 0 Å². The molecule has 1 nitrogen and oxygen atoms in total. The monoisotopic (exact) mass is 212 g/mol. The van der Waals surface area contributed by atoms with Gasteiger partial charge in [-0.25, -0.2) is 0 Å². The van der Waals surface area contributed by atoms with Crippen LogP contribution in [0.3, 0.4) is 0 Å². The lowest BCUT2D eigenvalue weighted by Crippen LogP contribution is -2.19. The first-order chi connectivity index (χ1) is 7.24. The minimum absolute atomic E-state index is 0.401. The summed E-state index contributed by atoms with van der Waals surface area (Å²) < 4.78 is 0. The van der Waals surface area contributed by atoms with Crippen LogP contribution in [0.1, 0.15) is 72.6 Å². The minimum Gasteiger partial charge on any atom is -0.300 e. The molecule has 0 spiro atoms. The lowest BCUT2D eigenvalue weighted by Gasteiger charge is -2.26. The highest BCUT2D eigenvalue weighted by molar-refractivity contribution is 5.78. The summed E-state index contributed by atoms with van der Waals surface area (Å²) in [5.41, 5.74) is 0. The van der Waals surface area contributed by atoms with Gasteiger partial charge in [0, 0.05) is 5.92 Å². The molecule has 1 aliphatic carbocycles. The van der Waals surface area contributed by atoms with Gasteiger partial charge in [-0.3, -0.25) is 4.79 Å². The maximum Gasteiger partial charge on any atom is 0.132 e. The molecule has 0 saturated heterocycles. The molecule has 1 fully saturated rings. The molecule has 0 aromatic rings. The Hall–Kier alpha value is -0.330. The zero-order chi connectivity index (χ0) is 11.7. The van der Waals surface area contributed by atoms with Crippen molar-refractivity contribution in [1.29, 1.82) is 0 Å². The predicted molar refractivity (Wildman–Crippen MR) is 67.0 cm³/mol. The first-order valence-electron chi connectivity index (χ1n) is 6.74. The van der Waals surface area contributed by atoms with Crippen molar-refractivity contribution < 1.29 is 4.79 Å². The van der Waals surface area contributed by atoms with Crippen molar-refractivity contribution >= 4 is 5.78 Å². The number of unbranched alkanes of at least 4 members (excludes halogenated alkanes) is 1. The third kappa shape index (κ3) is 5.96. The van der Waals surface area contributed by atoms with Crippen molar-refractivity contribution in [3.63, 3.8) is 0 Å². The summed E-state index contributed by atoms with van der Waals surface area (Å²) in [6.07, 6.45) is 8.98. The standard InChI is InChI=1S/C12H22O.C2H6/c1-3-4-5-11-6-8-12(9-7-11)10(2)13;1-2/h11-12H,3-9H2,1-2H3;1-2H3. The molecule has 0 unspecified atom stereocenters. The Bertz CT molecular complexity index is 155. The van der Waals surface area contributed by atoms with Crippen LogP contribution >= 0.6 is 0 Å². The first kappa shape index (κ1) is 14.7. The van der Waals surface area contributed by atoms with E-state index in [-0.39, 0.29) is 0 Å². The fourth-order valence-electron chi connectivity index (χ4n) is 2.35. The largest absolute Gasteiger partial charge is 0.300 e. The molecule has 0 bridgehead atoms. The van der Waals surface area contributed by atoms with Gasteiger partial charge in [-0.1, -0.05) is 40.0 Å². The highest BCUT2D eigenvalue weighted by Gasteiger charge is 2.23. The van der Waals surface area contributed by atoms with Gasteiger partial charge in [0.05, 0.1) is 0 Å². The molecule has 0 radical (unpaired) electrons. The Morgan fingerprint density at radius 2 is 1.67 bits per heavy atom. The molecule has 0 N–H and O–H groups in total. The van der Waals surface area contributed by atoms with Crippen molar-refractivity contribution in [2.75, 3.05) is 0 Å². The van der Waals surface area contributed by atoms with Gasteiger partial charge in [-0.2, -0.15) is 0 Å². The fraction of sp³-hybridized carbons (Fsp3) is 0.929. The normalized spacial score (nSPS) is 25.3. The summed E-state index contributed by atoms with van der Waals surface area (Å²) >= 11 is 0. The van der Waals surface area contributed by atoms with Crippen molar-refractivity contribution in [2.45, 2.75) is 72.6 Å². The molecule has 0 aromatic carbocycles. The zero-order valence-electron chi connectivity index (χ0n) is 11.0. The van der Waals surface area contributed by atoms with Crippen molar-refractivity contribution in [3.8, 4) is 0 Å². The Morgan fingerprint density at radius 3 is 2.07 bits per heavy atom. The average molecular weight is 212 g/mol.